The smallest absolute Gasteiger partial charge is 0.253 e. The van der Waals surface area contributed by atoms with Crippen LogP contribution in [0, 0.1) is 5.92 Å². The van der Waals surface area contributed by atoms with Gasteiger partial charge in [0.2, 0.25) is 0 Å². The Morgan fingerprint density at radius 3 is 2.62 bits per heavy atom. The quantitative estimate of drug-likeness (QED) is 0.485. The number of carbonyl (C=O) groups is 1. The Labute approximate surface area is 197 Å². The molecule has 0 unspecified atom stereocenters. The zero-order valence-corrected chi connectivity index (χ0v) is 19.8. The first-order valence-corrected chi connectivity index (χ1v) is 12.6. The molecule has 0 spiro atoms. The summed E-state index contributed by atoms with van der Waals surface area (Å²) in [4.78, 5) is 20.3. The molecule has 0 bridgehead atoms. The van der Waals surface area contributed by atoms with E-state index < -0.39 is 5.60 Å². The van der Waals surface area contributed by atoms with E-state index in [1.165, 1.54) is 0 Å². The number of hydrogen-bond acceptors (Lipinski definition) is 4. The van der Waals surface area contributed by atoms with E-state index in [-0.39, 0.29) is 5.91 Å². The van der Waals surface area contributed by atoms with Crippen LogP contribution in [-0.2, 0) is 5.60 Å². The lowest BCUT2D eigenvalue weighted by molar-refractivity contribution is -0.0425. The predicted octanol–water partition coefficient (Wildman–Crippen LogP) is 6.37. The molecule has 3 heterocycles. The van der Waals surface area contributed by atoms with Crippen LogP contribution >= 0.6 is 22.9 Å². The Morgan fingerprint density at radius 2 is 1.94 bits per heavy atom. The van der Waals surface area contributed by atoms with Crippen LogP contribution in [0.5, 0.6) is 0 Å². The van der Waals surface area contributed by atoms with Gasteiger partial charge < -0.3 is 10.0 Å². The van der Waals surface area contributed by atoms with E-state index >= 15 is 0 Å². The van der Waals surface area contributed by atoms with Gasteiger partial charge in [-0.1, -0.05) is 24.6 Å². The average Bonchev–Trinajstić information content (AvgIpc) is 3.27. The topological polar surface area (TPSA) is 53.4 Å². The molecule has 1 aliphatic heterocycles. The Kier molecular flexibility index (Phi) is 5.82. The molecular formula is C26H27ClN2O2S. The van der Waals surface area contributed by atoms with Crippen molar-refractivity contribution in [3.8, 4) is 21.6 Å². The highest BCUT2D eigenvalue weighted by Gasteiger charge is 2.37. The molecule has 1 saturated heterocycles. The normalized spacial score (nSPS) is 18.4. The molecule has 1 aliphatic carbocycles. The molecule has 1 saturated carbocycles. The van der Waals surface area contributed by atoms with Crippen LogP contribution in [0.4, 0.5) is 0 Å². The molecule has 4 nitrogen and oxygen atoms in total. The number of aliphatic hydroxyl groups is 1. The molecule has 166 valence electrons. The molecule has 2 aromatic heterocycles. The van der Waals surface area contributed by atoms with E-state index in [1.54, 1.807) is 23.6 Å². The van der Waals surface area contributed by atoms with Gasteiger partial charge in [-0.15, -0.1) is 11.3 Å². The molecule has 5 rings (SSSR count). The van der Waals surface area contributed by atoms with Crippen molar-refractivity contribution in [1.29, 1.82) is 0 Å². The molecule has 1 N–H and O–H groups in total. The third kappa shape index (κ3) is 4.09. The summed E-state index contributed by atoms with van der Waals surface area (Å²) < 4.78 is 0. The van der Waals surface area contributed by atoms with Crippen molar-refractivity contribution in [2.24, 2.45) is 5.92 Å². The first-order valence-electron chi connectivity index (χ1n) is 11.3. The predicted molar refractivity (Wildman–Crippen MR) is 130 cm³/mol. The Hall–Kier alpha value is -2.21. The fourth-order valence-corrected chi connectivity index (χ4v) is 5.80. The number of hydrogen-bond donors (Lipinski definition) is 1. The number of thiophene rings is 1. The summed E-state index contributed by atoms with van der Waals surface area (Å²) >= 11 is 8.25. The van der Waals surface area contributed by atoms with E-state index in [0.29, 0.717) is 16.5 Å². The number of rotatable bonds is 4. The molecule has 0 radical (unpaired) electrons. The second kappa shape index (κ2) is 8.62. The van der Waals surface area contributed by atoms with Gasteiger partial charge in [0.15, 0.2) is 0 Å². The number of amides is 1. The molecule has 1 amide bonds. The number of carbonyl (C=O) groups excluding carboxylic acids is 1. The Bertz CT molecular complexity index is 1150. The van der Waals surface area contributed by atoms with Gasteiger partial charge >= 0.3 is 0 Å². The standard InChI is InChI=1S/C26H27ClN2O2S/c1-17-6-11-29(12-7-17)25(30)19-3-4-21(22(27)13-19)23-14-20(16-32-23)18-5-10-28-24(15-18)26(31)8-2-9-26/h3-5,10,13-17,31H,2,6-9,11-12H2,1H3. The molecular weight excluding hydrogens is 440 g/mol. The Morgan fingerprint density at radius 1 is 1.16 bits per heavy atom. The highest BCUT2D eigenvalue weighted by molar-refractivity contribution is 7.14. The number of likely N-dealkylation sites (tertiary alicyclic amines) is 1. The molecule has 0 atom stereocenters. The second-order valence-electron chi connectivity index (χ2n) is 9.18. The summed E-state index contributed by atoms with van der Waals surface area (Å²) in [6.45, 7) is 3.87. The third-order valence-corrected chi connectivity index (χ3v) is 8.18. The van der Waals surface area contributed by atoms with Gasteiger partial charge in [-0.05, 0) is 84.9 Å². The number of benzene rings is 1. The van der Waals surface area contributed by atoms with Crippen molar-refractivity contribution in [2.45, 2.75) is 44.6 Å². The van der Waals surface area contributed by atoms with Crippen LogP contribution in [0.15, 0.2) is 48.0 Å². The zero-order valence-electron chi connectivity index (χ0n) is 18.2. The minimum atomic E-state index is -0.771. The number of pyridine rings is 1. The number of piperidine rings is 1. The van der Waals surface area contributed by atoms with E-state index in [1.807, 2.05) is 29.2 Å². The van der Waals surface area contributed by atoms with Crippen molar-refractivity contribution in [3.63, 3.8) is 0 Å². The lowest BCUT2D eigenvalue weighted by Gasteiger charge is -2.36. The summed E-state index contributed by atoms with van der Waals surface area (Å²) in [5, 5.41) is 13.3. The zero-order chi connectivity index (χ0) is 22.3. The monoisotopic (exact) mass is 466 g/mol. The minimum absolute atomic E-state index is 0.0652. The SMILES string of the molecule is CC1CCN(C(=O)c2ccc(-c3cc(-c4ccnc(C5(O)CCC5)c4)cs3)c(Cl)c2)CC1. The number of aromatic nitrogens is 1. The van der Waals surface area contributed by atoms with Crippen LogP contribution in [0.1, 0.15) is 55.1 Å². The van der Waals surface area contributed by atoms with Crippen LogP contribution in [0.25, 0.3) is 21.6 Å². The van der Waals surface area contributed by atoms with Crippen molar-refractivity contribution in [1.82, 2.24) is 9.88 Å². The van der Waals surface area contributed by atoms with Gasteiger partial charge in [-0.3, -0.25) is 9.78 Å². The summed E-state index contributed by atoms with van der Waals surface area (Å²) in [6, 6.07) is 11.7. The van der Waals surface area contributed by atoms with Crippen LogP contribution in [-0.4, -0.2) is 34.0 Å². The van der Waals surface area contributed by atoms with Gasteiger partial charge in [-0.25, -0.2) is 0 Å². The van der Waals surface area contributed by atoms with E-state index in [4.69, 9.17) is 11.6 Å². The van der Waals surface area contributed by atoms with Crippen molar-refractivity contribution < 1.29 is 9.90 Å². The fourth-order valence-electron chi connectivity index (χ4n) is 4.50. The van der Waals surface area contributed by atoms with Crippen LogP contribution in [0.3, 0.4) is 0 Å². The molecule has 2 aliphatic rings. The average molecular weight is 467 g/mol. The molecule has 32 heavy (non-hydrogen) atoms. The van der Waals surface area contributed by atoms with Crippen LogP contribution < -0.4 is 0 Å². The van der Waals surface area contributed by atoms with E-state index in [0.717, 1.165) is 72.5 Å². The maximum absolute atomic E-state index is 12.9. The van der Waals surface area contributed by atoms with Gasteiger partial charge in [0.25, 0.3) is 5.91 Å². The van der Waals surface area contributed by atoms with E-state index in [2.05, 4.69) is 23.4 Å². The Balaban J connectivity index is 1.36. The third-order valence-electron chi connectivity index (χ3n) is 6.90. The summed E-state index contributed by atoms with van der Waals surface area (Å²) in [5.74, 6) is 0.751. The number of nitrogens with zero attached hydrogens (tertiary/aromatic N) is 2. The molecule has 3 aromatic rings. The van der Waals surface area contributed by atoms with E-state index in [9.17, 15) is 9.90 Å². The van der Waals surface area contributed by atoms with Crippen molar-refractivity contribution >= 4 is 28.8 Å². The number of halogens is 1. The fraction of sp³-hybridized carbons (Fsp3) is 0.385. The second-order valence-corrected chi connectivity index (χ2v) is 10.5. The first-order chi connectivity index (χ1) is 15.4. The molecule has 2 fully saturated rings. The summed E-state index contributed by atoms with van der Waals surface area (Å²) in [6.07, 6.45) is 6.48. The molecule has 6 heteroatoms. The largest absolute Gasteiger partial charge is 0.384 e. The van der Waals surface area contributed by atoms with Crippen LogP contribution in [0.2, 0.25) is 5.02 Å². The maximum atomic E-state index is 12.9. The van der Waals surface area contributed by atoms with Gasteiger partial charge in [0.1, 0.15) is 5.60 Å². The highest BCUT2D eigenvalue weighted by Crippen LogP contribution is 2.42. The summed E-state index contributed by atoms with van der Waals surface area (Å²) in [7, 11) is 0. The van der Waals surface area contributed by atoms with Gasteiger partial charge in [0, 0.05) is 35.3 Å². The first kappa shape index (κ1) is 21.6. The minimum Gasteiger partial charge on any atom is -0.384 e. The molecule has 1 aromatic carbocycles. The van der Waals surface area contributed by atoms with Crippen molar-refractivity contribution in [3.05, 3.63) is 64.3 Å². The van der Waals surface area contributed by atoms with Gasteiger partial charge in [-0.2, -0.15) is 0 Å². The van der Waals surface area contributed by atoms with Gasteiger partial charge in [0.05, 0.1) is 10.7 Å². The lowest BCUT2D eigenvalue weighted by atomic mass is 9.77. The highest BCUT2D eigenvalue weighted by atomic mass is 35.5. The summed E-state index contributed by atoms with van der Waals surface area (Å²) in [5.41, 5.74) is 3.68. The van der Waals surface area contributed by atoms with Crippen molar-refractivity contribution in [2.75, 3.05) is 13.1 Å². The lowest BCUT2D eigenvalue weighted by Crippen LogP contribution is -2.37. The maximum Gasteiger partial charge on any atom is 0.253 e.